The van der Waals surface area contributed by atoms with Crippen molar-refractivity contribution in [3.05, 3.63) is 45.1 Å². The van der Waals surface area contributed by atoms with E-state index in [0.29, 0.717) is 0 Å². The van der Waals surface area contributed by atoms with E-state index >= 15 is 0 Å². The van der Waals surface area contributed by atoms with E-state index in [4.69, 9.17) is 0 Å². The quantitative estimate of drug-likeness (QED) is 0.438. The van der Waals surface area contributed by atoms with Crippen LogP contribution in [0.3, 0.4) is 0 Å². The number of hydrogen-bond acceptors (Lipinski definition) is 0. The Labute approximate surface area is 139 Å². The Bertz CT molecular complexity index is 321. The topological polar surface area (TPSA) is 0 Å². The second-order valence-corrected chi connectivity index (χ2v) is 11.8. The number of hydrogen-bond donors (Lipinski definition) is 0. The third-order valence-electron chi connectivity index (χ3n) is 3.59. The maximum Gasteiger partial charge on any atom is 4.00 e. The van der Waals surface area contributed by atoms with E-state index in [9.17, 15) is 0 Å². The van der Waals surface area contributed by atoms with E-state index in [1.807, 2.05) is 0 Å². The molecule has 2 heteroatoms. The van der Waals surface area contributed by atoms with Gasteiger partial charge in [-0.15, -0.1) is 0 Å². The second-order valence-electron chi connectivity index (χ2n) is 6.32. The van der Waals surface area contributed by atoms with E-state index in [2.05, 4.69) is 32.6 Å². The van der Waals surface area contributed by atoms with Crippen LogP contribution in [0.5, 0.6) is 0 Å². The van der Waals surface area contributed by atoms with Crippen LogP contribution in [0.15, 0.2) is 16.7 Å². The molecule has 0 aliphatic heterocycles. The van der Waals surface area contributed by atoms with Crippen molar-refractivity contribution in [3.63, 3.8) is 0 Å². The van der Waals surface area contributed by atoms with Crippen molar-refractivity contribution in [2.24, 2.45) is 5.92 Å². The minimum atomic E-state index is -0.955. The van der Waals surface area contributed by atoms with Gasteiger partial charge in [0, 0.05) is 8.07 Å². The minimum Gasteiger partial charge on any atom is -0.358 e. The Hall–Kier alpha value is 0.411. The van der Waals surface area contributed by atoms with Crippen molar-refractivity contribution < 1.29 is 21.7 Å². The number of rotatable bonds is 2. The summed E-state index contributed by atoms with van der Waals surface area (Å²) in [5.41, 5.74) is 4.94. The first-order valence-corrected chi connectivity index (χ1v) is 10.0. The smallest absolute Gasteiger partial charge is 0.358 e. The molecule has 0 heterocycles. The molecule has 1 atom stereocenters. The van der Waals surface area contributed by atoms with Gasteiger partial charge < -0.3 is 22.3 Å². The fourth-order valence-corrected chi connectivity index (χ4v) is 4.37. The van der Waals surface area contributed by atoms with E-state index < -0.39 is 8.07 Å². The van der Waals surface area contributed by atoms with Gasteiger partial charge in [-0.1, -0.05) is 64.2 Å². The molecule has 0 aromatic carbocycles. The molecular formula is C17H32SiTi. The fourth-order valence-electron chi connectivity index (χ4n) is 2.83. The van der Waals surface area contributed by atoms with Gasteiger partial charge >= 0.3 is 21.7 Å². The van der Waals surface area contributed by atoms with Crippen LogP contribution >= 0.6 is 0 Å². The van der Waals surface area contributed by atoms with Gasteiger partial charge in [0.1, 0.15) is 0 Å². The fraction of sp³-hybridized carbons (Fsp3) is 0.588. The molecule has 0 nitrogen and oxygen atoms in total. The molecular weight excluding hydrogens is 280 g/mol. The molecule has 0 aromatic rings. The standard InChI is InChI=1S/C14H23Si.3CH3.Ti/c1-11-13(10-15(2,3)4)9-12-7-5-6-8-14(11)12;;;;/h11H,5-8,10H2,1-4H3;3*1H3;/q4*-1;+4. The molecule has 0 fully saturated rings. The van der Waals surface area contributed by atoms with Gasteiger partial charge in [0.2, 0.25) is 0 Å². The molecule has 0 bridgehead atoms. The summed E-state index contributed by atoms with van der Waals surface area (Å²) in [6, 6.07) is 1.35. The van der Waals surface area contributed by atoms with Crippen LogP contribution in [0.1, 0.15) is 32.6 Å². The van der Waals surface area contributed by atoms with Crippen molar-refractivity contribution in [1.82, 2.24) is 0 Å². The van der Waals surface area contributed by atoms with Crippen molar-refractivity contribution in [1.29, 1.82) is 0 Å². The molecule has 0 saturated heterocycles. The molecule has 0 amide bonds. The van der Waals surface area contributed by atoms with Gasteiger partial charge in [-0.25, -0.2) is 17.2 Å². The van der Waals surface area contributed by atoms with Gasteiger partial charge in [0.05, 0.1) is 0 Å². The predicted octanol–water partition coefficient (Wildman–Crippen LogP) is 5.92. The Morgan fingerprint density at radius 1 is 1.05 bits per heavy atom. The van der Waals surface area contributed by atoms with Crippen LogP contribution in [0.2, 0.25) is 25.7 Å². The van der Waals surface area contributed by atoms with Crippen LogP contribution in [-0.4, -0.2) is 8.07 Å². The molecule has 108 valence electrons. The van der Waals surface area contributed by atoms with Crippen LogP contribution in [-0.2, 0) is 21.7 Å². The summed E-state index contributed by atoms with van der Waals surface area (Å²) in [6.07, 6.45) is 9.17. The zero-order valence-electron chi connectivity index (χ0n) is 14.1. The third-order valence-corrected chi connectivity index (χ3v) is 5.03. The molecule has 0 saturated carbocycles. The zero-order chi connectivity index (χ0) is 11.1. The molecule has 0 aromatic heterocycles. The van der Waals surface area contributed by atoms with Gasteiger partial charge in [0.25, 0.3) is 0 Å². The normalized spacial score (nSPS) is 21.1. The van der Waals surface area contributed by atoms with Crippen LogP contribution in [0.25, 0.3) is 0 Å². The third kappa shape index (κ3) is 6.14. The summed E-state index contributed by atoms with van der Waals surface area (Å²) in [5.74, 6) is 0.729. The maximum absolute atomic E-state index is 3.73. The summed E-state index contributed by atoms with van der Waals surface area (Å²) in [4.78, 5) is 0. The minimum absolute atomic E-state index is 0. The van der Waals surface area contributed by atoms with Crippen molar-refractivity contribution >= 4 is 8.07 Å². The van der Waals surface area contributed by atoms with Crippen LogP contribution in [0, 0.1) is 34.3 Å². The Kier molecular flexibility index (Phi) is 12.0. The summed E-state index contributed by atoms with van der Waals surface area (Å²) in [7, 11) is -0.955. The van der Waals surface area contributed by atoms with E-state index in [1.54, 1.807) is 16.7 Å². The first kappa shape index (κ1) is 24.4. The summed E-state index contributed by atoms with van der Waals surface area (Å²) >= 11 is 0. The van der Waals surface area contributed by atoms with Gasteiger partial charge in [-0.3, -0.25) is 0 Å². The Morgan fingerprint density at radius 2 is 1.58 bits per heavy atom. The van der Waals surface area contributed by atoms with Crippen LogP contribution in [0.4, 0.5) is 0 Å². The van der Waals surface area contributed by atoms with Crippen LogP contribution < -0.4 is 0 Å². The molecule has 1 unspecified atom stereocenters. The molecule has 2 aliphatic carbocycles. The average Bonchev–Trinajstić information content (AvgIpc) is 2.42. The van der Waals surface area contributed by atoms with E-state index in [0.717, 1.165) is 5.92 Å². The second kappa shape index (κ2) is 9.37. The van der Waals surface area contributed by atoms with Gasteiger partial charge in [0.15, 0.2) is 0 Å². The van der Waals surface area contributed by atoms with Crippen molar-refractivity contribution in [2.45, 2.75) is 58.3 Å². The Morgan fingerprint density at radius 3 is 2.05 bits per heavy atom. The van der Waals surface area contributed by atoms with Gasteiger partial charge in [-0.2, -0.15) is 5.57 Å². The molecule has 19 heavy (non-hydrogen) atoms. The first-order chi connectivity index (χ1) is 6.97. The average molecular weight is 312 g/mol. The molecule has 2 rings (SSSR count). The maximum atomic E-state index is 3.73. The number of allylic oxidation sites excluding steroid dienone is 4. The van der Waals surface area contributed by atoms with Crippen molar-refractivity contribution in [2.75, 3.05) is 0 Å². The zero-order valence-corrected chi connectivity index (χ0v) is 16.7. The summed E-state index contributed by atoms with van der Waals surface area (Å²) < 4.78 is 0. The van der Waals surface area contributed by atoms with E-state index in [-0.39, 0.29) is 44.0 Å². The van der Waals surface area contributed by atoms with Crippen molar-refractivity contribution in [3.8, 4) is 0 Å². The molecule has 0 N–H and O–H groups in total. The van der Waals surface area contributed by atoms with Gasteiger partial charge in [-0.05, 0) is 0 Å². The monoisotopic (exact) mass is 312 g/mol. The molecule has 0 spiro atoms. The predicted molar refractivity (Wildman–Crippen MR) is 88.8 cm³/mol. The summed E-state index contributed by atoms with van der Waals surface area (Å²) in [6.45, 7) is 9.79. The molecule has 2 aliphatic rings. The summed E-state index contributed by atoms with van der Waals surface area (Å²) in [5, 5.41) is 0. The first-order valence-electron chi connectivity index (χ1n) is 6.32. The SMILES string of the molecule is CC1C(C[Si](C)(C)C)=[C-]C2=C1CCCC2.[CH3-].[CH3-].[CH3-].[Ti+4]. The molecule has 0 radical (unpaired) electrons. The van der Waals surface area contributed by atoms with E-state index in [1.165, 1.54) is 31.7 Å². The largest absolute Gasteiger partial charge is 4.00 e. The Balaban J connectivity index is -0.000000640.